The maximum atomic E-state index is 3.66. The second-order valence-corrected chi connectivity index (χ2v) is 5.94. The van der Waals surface area contributed by atoms with E-state index in [-0.39, 0.29) is 0 Å². The van der Waals surface area contributed by atoms with Gasteiger partial charge in [0.05, 0.1) is 0 Å². The van der Waals surface area contributed by atoms with Gasteiger partial charge in [0.15, 0.2) is 0 Å². The Kier molecular flexibility index (Phi) is 2.49. The molecule has 2 bridgehead atoms. The molecule has 1 fully saturated rings. The van der Waals surface area contributed by atoms with E-state index in [4.69, 9.17) is 0 Å². The summed E-state index contributed by atoms with van der Waals surface area (Å²) in [6.07, 6.45) is 2.60. The molecule has 96 valence electrons. The fraction of sp³-hybridized carbons (Fsp3) is 0.333. The predicted octanol–water partition coefficient (Wildman–Crippen LogP) is 4.18. The first-order valence-electron chi connectivity index (χ1n) is 7.25. The van der Waals surface area contributed by atoms with E-state index in [1.165, 1.54) is 36.1 Å². The number of fused-ring (bicyclic) bond motifs is 5. The third-order valence-corrected chi connectivity index (χ3v) is 4.66. The van der Waals surface area contributed by atoms with Crippen LogP contribution in [0.1, 0.15) is 41.5 Å². The summed E-state index contributed by atoms with van der Waals surface area (Å²) in [4.78, 5) is 0. The molecule has 1 N–H and O–H groups in total. The van der Waals surface area contributed by atoms with Gasteiger partial charge < -0.3 is 5.32 Å². The summed E-state index contributed by atoms with van der Waals surface area (Å²) in [6, 6.07) is 16.5. The SMILES string of the molecule is Cc1cccc(-c2ccc3c(c2)[C@@H]2C[C@H]3CCN2)c1. The van der Waals surface area contributed by atoms with Gasteiger partial charge in [-0.25, -0.2) is 0 Å². The number of piperidine rings is 1. The number of aryl methyl sites for hydroxylation is 1. The molecule has 0 amide bonds. The summed E-state index contributed by atoms with van der Waals surface area (Å²) in [7, 11) is 0. The van der Waals surface area contributed by atoms with Gasteiger partial charge in [-0.1, -0.05) is 42.0 Å². The van der Waals surface area contributed by atoms with Gasteiger partial charge in [0, 0.05) is 6.04 Å². The van der Waals surface area contributed by atoms with Gasteiger partial charge in [0.2, 0.25) is 0 Å². The van der Waals surface area contributed by atoms with Gasteiger partial charge in [-0.3, -0.25) is 0 Å². The van der Waals surface area contributed by atoms with Crippen molar-refractivity contribution in [2.45, 2.75) is 31.7 Å². The smallest absolute Gasteiger partial charge is 0.0329 e. The molecule has 0 spiro atoms. The lowest BCUT2D eigenvalue weighted by atomic mass is 9.95. The topological polar surface area (TPSA) is 12.0 Å². The molecule has 0 radical (unpaired) electrons. The lowest BCUT2D eigenvalue weighted by molar-refractivity contribution is 0.410. The maximum absolute atomic E-state index is 3.66. The summed E-state index contributed by atoms with van der Waals surface area (Å²) in [6.45, 7) is 3.33. The maximum Gasteiger partial charge on any atom is 0.0329 e. The Morgan fingerprint density at radius 1 is 1.00 bits per heavy atom. The third-order valence-electron chi connectivity index (χ3n) is 4.66. The molecule has 2 atom stereocenters. The summed E-state index contributed by atoms with van der Waals surface area (Å²) in [5.41, 5.74) is 7.16. The van der Waals surface area contributed by atoms with Crippen LogP contribution in [0.4, 0.5) is 0 Å². The molecule has 1 nitrogen and oxygen atoms in total. The van der Waals surface area contributed by atoms with Gasteiger partial charge in [-0.05, 0) is 60.5 Å². The van der Waals surface area contributed by atoms with Crippen LogP contribution in [0.2, 0.25) is 0 Å². The average molecular weight is 249 g/mol. The number of rotatable bonds is 1. The highest BCUT2D eigenvalue weighted by Crippen LogP contribution is 2.45. The Morgan fingerprint density at radius 3 is 2.79 bits per heavy atom. The molecule has 1 heteroatoms. The first-order chi connectivity index (χ1) is 9.31. The molecule has 0 aromatic heterocycles. The van der Waals surface area contributed by atoms with E-state index < -0.39 is 0 Å². The van der Waals surface area contributed by atoms with Crippen molar-refractivity contribution in [2.75, 3.05) is 6.54 Å². The fourth-order valence-electron chi connectivity index (χ4n) is 3.69. The first kappa shape index (κ1) is 11.2. The Bertz CT molecular complexity index is 629. The number of hydrogen-bond acceptors (Lipinski definition) is 1. The third kappa shape index (κ3) is 1.81. The minimum absolute atomic E-state index is 0.596. The van der Waals surface area contributed by atoms with Crippen LogP contribution in [-0.4, -0.2) is 6.54 Å². The molecule has 2 aromatic rings. The van der Waals surface area contributed by atoms with Crippen molar-refractivity contribution in [3.05, 3.63) is 59.2 Å². The number of nitrogens with one attached hydrogen (secondary N) is 1. The van der Waals surface area contributed by atoms with E-state index in [0.29, 0.717) is 6.04 Å². The molecule has 19 heavy (non-hydrogen) atoms. The van der Waals surface area contributed by atoms with E-state index in [2.05, 4.69) is 54.7 Å². The van der Waals surface area contributed by atoms with Crippen molar-refractivity contribution in [3.8, 4) is 11.1 Å². The van der Waals surface area contributed by atoms with Crippen LogP contribution in [0.5, 0.6) is 0 Å². The Balaban J connectivity index is 1.81. The summed E-state index contributed by atoms with van der Waals surface area (Å²) in [5.74, 6) is 0.799. The zero-order valence-corrected chi connectivity index (χ0v) is 11.3. The standard InChI is InChI=1S/C18H19N/c1-12-3-2-4-13(9-12)14-5-6-16-15-7-8-19-18(11-15)17(16)10-14/h2-6,9-10,15,18-19H,7-8,11H2,1H3/t15-,18+/m1/s1. The summed E-state index contributed by atoms with van der Waals surface area (Å²) < 4.78 is 0. The molecule has 0 unspecified atom stereocenters. The van der Waals surface area contributed by atoms with E-state index in [0.717, 1.165) is 5.92 Å². The summed E-state index contributed by atoms with van der Waals surface area (Å²) in [5, 5.41) is 3.66. The minimum Gasteiger partial charge on any atom is -0.310 e. The van der Waals surface area contributed by atoms with Crippen LogP contribution < -0.4 is 5.32 Å². The number of hydrogen-bond donors (Lipinski definition) is 1. The zero-order valence-electron chi connectivity index (χ0n) is 11.3. The van der Waals surface area contributed by atoms with E-state index in [9.17, 15) is 0 Å². The van der Waals surface area contributed by atoms with Gasteiger partial charge >= 0.3 is 0 Å². The van der Waals surface area contributed by atoms with Gasteiger partial charge in [-0.2, -0.15) is 0 Å². The van der Waals surface area contributed by atoms with Crippen molar-refractivity contribution < 1.29 is 0 Å². The molecule has 0 saturated carbocycles. The molecular formula is C18H19N. The summed E-state index contributed by atoms with van der Waals surface area (Å²) >= 11 is 0. The van der Waals surface area contributed by atoms with Crippen LogP contribution in [0, 0.1) is 6.92 Å². The largest absolute Gasteiger partial charge is 0.310 e. The highest BCUT2D eigenvalue weighted by Gasteiger charge is 2.33. The molecule has 1 saturated heterocycles. The Morgan fingerprint density at radius 2 is 1.89 bits per heavy atom. The second-order valence-electron chi connectivity index (χ2n) is 5.94. The van der Waals surface area contributed by atoms with Gasteiger partial charge in [-0.15, -0.1) is 0 Å². The van der Waals surface area contributed by atoms with E-state index in [1.807, 2.05) is 0 Å². The molecular weight excluding hydrogens is 230 g/mol. The lowest BCUT2D eigenvalue weighted by Gasteiger charge is -2.20. The molecule has 4 rings (SSSR count). The van der Waals surface area contributed by atoms with E-state index >= 15 is 0 Å². The highest BCUT2D eigenvalue weighted by molar-refractivity contribution is 5.66. The van der Waals surface area contributed by atoms with Crippen molar-refractivity contribution >= 4 is 0 Å². The molecule has 1 aliphatic heterocycles. The van der Waals surface area contributed by atoms with Crippen molar-refractivity contribution in [2.24, 2.45) is 0 Å². The average Bonchev–Trinajstić information content (AvgIpc) is 2.70. The fourth-order valence-corrected chi connectivity index (χ4v) is 3.69. The molecule has 2 aromatic carbocycles. The van der Waals surface area contributed by atoms with Crippen LogP contribution >= 0.6 is 0 Å². The second kappa shape index (κ2) is 4.21. The quantitative estimate of drug-likeness (QED) is 0.799. The predicted molar refractivity (Wildman–Crippen MR) is 79.3 cm³/mol. The van der Waals surface area contributed by atoms with Crippen molar-refractivity contribution in [3.63, 3.8) is 0 Å². The van der Waals surface area contributed by atoms with Crippen molar-refractivity contribution in [1.29, 1.82) is 0 Å². The molecule has 1 heterocycles. The first-order valence-corrected chi connectivity index (χ1v) is 7.25. The van der Waals surface area contributed by atoms with Gasteiger partial charge in [0.25, 0.3) is 0 Å². The normalized spacial score (nSPS) is 24.3. The van der Waals surface area contributed by atoms with Crippen molar-refractivity contribution in [1.82, 2.24) is 5.32 Å². The van der Waals surface area contributed by atoms with Crippen LogP contribution in [0.15, 0.2) is 42.5 Å². The monoisotopic (exact) mass is 249 g/mol. The Labute approximate surface area is 114 Å². The van der Waals surface area contributed by atoms with Crippen LogP contribution in [0.25, 0.3) is 11.1 Å². The van der Waals surface area contributed by atoms with Gasteiger partial charge in [0.1, 0.15) is 0 Å². The Hall–Kier alpha value is -1.60. The highest BCUT2D eigenvalue weighted by atomic mass is 14.9. The zero-order chi connectivity index (χ0) is 12.8. The molecule has 2 aliphatic rings. The molecule has 1 aliphatic carbocycles. The van der Waals surface area contributed by atoms with Crippen LogP contribution in [0.3, 0.4) is 0 Å². The number of benzene rings is 2. The van der Waals surface area contributed by atoms with E-state index in [1.54, 1.807) is 11.1 Å². The lowest BCUT2D eigenvalue weighted by Crippen LogP contribution is -2.25. The van der Waals surface area contributed by atoms with Crippen LogP contribution in [-0.2, 0) is 0 Å². The minimum atomic E-state index is 0.596.